The summed E-state index contributed by atoms with van der Waals surface area (Å²) in [6.45, 7) is 12.3. The van der Waals surface area contributed by atoms with Gasteiger partial charge < -0.3 is 48.1 Å². The molecule has 1 aromatic carbocycles. The highest BCUT2D eigenvalue weighted by molar-refractivity contribution is 7.45. The molecule has 0 radical (unpaired) electrons. The molecule has 366 valence electrons. The molecule has 1 unspecified atom stereocenters. The van der Waals surface area contributed by atoms with E-state index >= 15 is 0 Å². The lowest BCUT2D eigenvalue weighted by Gasteiger charge is -2.35. The summed E-state index contributed by atoms with van der Waals surface area (Å²) in [4.78, 5) is 54.2. The number of terminal acetylenes is 3. The Morgan fingerprint density at radius 2 is 1.12 bits per heavy atom. The minimum absolute atomic E-state index is 0.0218. The molecule has 1 rings (SSSR count). The normalized spacial score (nSPS) is 11.7. The highest BCUT2D eigenvalue weighted by atomic mass is 31.2. The van der Waals surface area contributed by atoms with E-state index in [0.717, 1.165) is 0 Å². The van der Waals surface area contributed by atoms with Crippen LogP contribution >= 0.6 is 8.53 Å². The van der Waals surface area contributed by atoms with Gasteiger partial charge in [-0.15, -0.1) is 19.3 Å². The van der Waals surface area contributed by atoms with Crippen LogP contribution in [0.4, 0.5) is 0 Å². The molecule has 2 amide bonds. The summed E-state index contributed by atoms with van der Waals surface area (Å²) < 4.78 is 46.8. The number of ketones is 2. The number of nitriles is 1. The van der Waals surface area contributed by atoms with Crippen molar-refractivity contribution in [1.29, 1.82) is 5.26 Å². The molecule has 2 N–H and O–H groups in total. The SMILES string of the molecule is C#CCOCCOCCCC(=O)CCC(CCC(=O)NCCOCCOCC#C)(CCC(=O)NCCOCCOCC#C)CC(=O)c1ccc(OP(OCCC#N)N(C(C)C)C(C)C)cc1. The minimum atomic E-state index is -1.57. The molecule has 0 aliphatic carbocycles. The molecular formula is C49H73N4O12P. The van der Waals surface area contributed by atoms with E-state index in [1.807, 2.05) is 27.7 Å². The third kappa shape index (κ3) is 29.3. The van der Waals surface area contributed by atoms with Crippen molar-refractivity contribution in [3.05, 3.63) is 29.8 Å². The van der Waals surface area contributed by atoms with Crippen molar-refractivity contribution < 1.29 is 56.6 Å². The Balaban J connectivity index is 3.30. The van der Waals surface area contributed by atoms with Gasteiger partial charge in [0.25, 0.3) is 0 Å². The minimum Gasteiger partial charge on any atom is -0.436 e. The molecule has 0 saturated carbocycles. The average molecular weight is 941 g/mol. The zero-order valence-corrected chi connectivity index (χ0v) is 40.5. The molecule has 0 bridgehead atoms. The van der Waals surface area contributed by atoms with E-state index in [0.29, 0.717) is 64.0 Å². The van der Waals surface area contributed by atoms with Crippen LogP contribution in [0.1, 0.15) is 102 Å². The van der Waals surface area contributed by atoms with Crippen molar-refractivity contribution in [2.45, 2.75) is 104 Å². The number of benzene rings is 1. The zero-order valence-electron chi connectivity index (χ0n) is 39.6. The van der Waals surface area contributed by atoms with Crippen LogP contribution in [0.25, 0.3) is 0 Å². The van der Waals surface area contributed by atoms with E-state index in [9.17, 15) is 19.2 Å². The van der Waals surface area contributed by atoms with E-state index in [-0.39, 0.29) is 146 Å². The maximum absolute atomic E-state index is 14.3. The number of hydrogen-bond acceptors (Lipinski definition) is 14. The summed E-state index contributed by atoms with van der Waals surface area (Å²) in [6, 6.07) is 9.06. The van der Waals surface area contributed by atoms with Gasteiger partial charge in [0.15, 0.2) is 5.78 Å². The largest absolute Gasteiger partial charge is 0.436 e. The molecule has 1 aromatic rings. The second-order valence-electron chi connectivity index (χ2n) is 15.7. The summed E-state index contributed by atoms with van der Waals surface area (Å²) in [7, 11) is -1.57. The molecule has 0 spiro atoms. The Hall–Kier alpha value is -4.42. The molecule has 0 aliphatic heterocycles. The number of rotatable bonds is 42. The van der Waals surface area contributed by atoms with Crippen LogP contribution in [0, 0.1) is 53.8 Å². The average Bonchev–Trinajstić information content (AvgIpc) is 3.29. The first-order valence-electron chi connectivity index (χ1n) is 22.6. The Morgan fingerprint density at radius 1 is 0.652 bits per heavy atom. The van der Waals surface area contributed by atoms with Gasteiger partial charge in [-0.3, -0.25) is 19.2 Å². The zero-order chi connectivity index (χ0) is 48.7. The van der Waals surface area contributed by atoms with Gasteiger partial charge in [-0.25, -0.2) is 4.67 Å². The van der Waals surface area contributed by atoms with Gasteiger partial charge in [0.1, 0.15) is 31.4 Å². The van der Waals surface area contributed by atoms with Gasteiger partial charge in [-0.05, 0) is 83.1 Å². The number of amides is 2. The number of hydrogen-bond donors (Lipinski definition) is 2. The van der Waals surface area contributed by atoms with Crippen LogP contribution in [-0.4, -0.2) is 139 Å². The van der Waals surface area contributed by atoms with Gasteiger partial charge >= 0.3 is 8.53 Å². The fourth-order valence-corrected chi connectivity index (χ4v) is 8.16. The summed E-state index contributed by atoms with van der Waals surface area (Å²) in [6.07, 6.45) is 17.5. The fourth-order valence-electron chi connectivity index (χ4n) is 6.57. The predicted octanol–water partition coefficient (Wildman–Crippen LogP) is 5.82. The van der Waals surface area contributed by atoms with Gasteiger partial charge in [0.2, 0.25) is 11.8 Å². The predicted molar refractivity (Wildman–Crippen MR) is 253 cm³/mol. The number of carbonyl (C=O) groups is 4. The van der Waals surface area contributed by atoms with E-state index in [1.54, 1.807) is 24.3 Å². The quantitative estimate of drug-likeness (QED) is 0.0345. The van der Waals surface area contributed by atoms with Gasteiger partial charge in [0, 0.05) is 69.4 Å². The Kier molecular flexibility index (Phi) is 34.9. The topological polar surface area (TPSA) is 193 Å². The first-order valence-corrected chi connectivity index (χ1v) is 23.8. The van der Waals surface area contributed by atoms with Crippen LogP contribution < -0.4 is 15.2 Å². The Labute approximate surface area is 395 Å². The smallest absolute Gasteiger partial charge is 0.321 e. The highest BCUT2D eigenvalue weighted by Crippen LogP contribution is 2.46. The lowest BCUT2D eigenvalue weighted by Crippen LogP contribution is -2.34. The van der Waals surface area contributed by atoms with E-state index in [1.165, 1.54) is 0 Å². The number of Topliss-reactive ketones (excluding diaryl/α,β-unsaturated/α-hetero) is 2. The van der Waals surface area contributed by atoms with Crippen LogP contribution in [0.3, 0.4) is 0 Å². The summed E-state index contributed by atoms with van der Waals surface area (Å²) >= 11 is 0. The maximum atomic E-state index is 14.3. The van der Waals surface area contributed by atoms with Gasteiger partial charge in [-0.2, -0.15) is 5.26 Å². The van der Waals surface area contributed by atoms with Crippen molar-refractivity contribution in [1.82, 2.24) is 15.3 Å². The van der Waals surface area contributed by atoms with Gasteiger partial charge in [0.05, 0.1) is 72.0 Å². The van der Waals surface area contributed by atoms with E-state index < -0.39 is 13.9 Å². The molecule has 0 aliphatic rings. The molecule has 0 aromatic heterocycles. The molecule has 66 heavy (non-hydrogen) atoms. The second kappa shape index (κ2) is 38.7. The van der Waals surface area contributed by atoms with E-state index in [4.69, 9.17) is 62.0 Å². The molecule has 0 fully saturated rings. The summed E-state index contributed by atoms with van der Waals surface area (Å²) in [5.74, 6) is 6.91. The van der Waals surface area contributed by atoms with Crippen molar-refractivity contribution >= 4 is 31.9 Å². The van der Waals surface area contributed by atoms with Crippen LogP contribution in [0.5, 0.6) is 5.75 Å². The van der Waals surface area contributed by atoms with Crippen LogP contribution in [0.2, 0.25) is 0 Å². The van der Waals surface area contributed by atoms with Crippen molar-refractivity contribution in [3.8, 4) is 48.9 Å². The van der Waals surface area contributed by atoms with E-state index in [2.05, 4.69) is 39.1 Å². The molecule has 16 nitrogen and oxygen atoms in total. The molecule has 17 heteroatoms. The van der Waals surface area contributed by atoms with Gasteiger partial charge in [-0.1, -0.05) is 17.8 Å². The lowest BCUT2D eigenvalue weighted by molar-refractivity contribution is -0.122. The number of nitrogens with zero attached hydrogens (tertiary/aromatic N) is 2. The van der Waals surface area contributed by atoms with Crippen LogP contribution in [-0.2, 0) is 47.3 Å². The molecule has 0 saturated heterocycles. The van der Waals surface area contributed by atoms with Crippen molar-refractivity contribution in [3.63, 3.8) is 0 Å². The standard InChI is InChI=1S/C49H73N4O12P/c1-8-27-58-34-37-61-30-11-13-44(54)18-21-49(22-19-47(56)51-25-32-62-38-35-59-28-9-2,23-20-48(57)52-26-33-63-39-36-60-29-10-3)40-46(55)43-14-16-45(17-15-43)65-66(64-31-12-24-50)53(41(4)5)42(6)7/h1-3,14-17,41-42H,11-13,18-23,25-40H2,4-7H3,(H,51,56)(H,52,57). The second-order valence-corrected chi connectivity index (χ2v) is 17.1. The van der Waals surface area contributed by atoms with Crippen molar-refractivity contribution in [2.75, 3.05) is 99.0 Å². The summed E-state index contributed by atoms with van der Waals surface area (Å²) in [5.41, 5.74) is -0.504. The third-order valence-electron chi connectivity index (χ3n) is 9.81. The highest BCUT2D eigenvalue weighted by Gasteiger charge is 2.35. The first-order chi connectivity index (χ1) is 31.9. The number of carbonyl (C=O) groups excluding carboxylic acids is 4. The molecular weight excluding hydrogens is 868 g/mol. The third-order valence-corrected chi connectivity index (χ3v) is 11.9. The fraction of sp³-hybridized carbons (Fsp3) is 0.653. The Bertz CT molecular complexity index is 1560. The molecule has 0 heterocycles. The van der Waals surface area contributed by atoms with Crippen molar-refractivity contribution in [2.24, 2.45) is 5.41 Å². The monoisotopic (exact) mass is 940 g/mol. The Morgan fingerprint density at radius 3 is 1.59 bits per heavy atom. The summed E-state index contributed by atoms with van der Waals surface area (Å²) in [5, 5.41) is 14.8. The van der Waals surface area contributed by atoms with Crippen LogP contribution in [0.15, 0.2) is 24.3 Å². The maximum Gasteiger partial charge on any atom is 0.321 e. The number of nitrogens with one attached hydrogen (secondary N) is 2. The lowest BCUT2D eigenvalue weighted by atomic mass is 9.70. The number of ether oxygens (including phenoxy) is 6. The first kappa shape index (κ1) is 59.6. The molecule has 1 atom stereocenters.